The van der Waals surface area contributed by atoms with E-state index >= 15 is 0 Å². The maximum absolute atomic E-state index is 11.8. The van der Waals surface area contributed by atoms with E-state index in [0.717, 1.165) is 0 Å². The lowest BCUT2D eigenvalue weighted by Gasteiger charge is -2.07. The molecule has 0 aliphatic heterocycles. The molecule has 0 saturated carbocycles. The van der Waals surface area contributed by atoms with E-state index in [0.29, 0.717) is 23.5 Å². The van der Waals surface area contributed by atoms with Crippen molar-refractivity contribution in [2.45, 2.75) is 25.1 Å². The fourth-order valence-corrected chi connectivity index (χ4v) is 2.84. The van der Waals surface area contributed by atoms with Gasteiger partial charge in [0.2, 0.25) is 0 Å². The highest BCUT2D eigenvalue weighted by Gasteiger charge is 2.12. The molecule has 1 aromatic rings. The first-order valence-corrected chi connectivity index (χ1v) is 7.34. The first-order chi connectivity index (χ1) is 8.92. The number of hydrogen-bond acceptors (Lipinski definition) is 5. The van der Waals surface area contributed by atoms with Crippen LogP contribution < -0.4 is 10.5 Å². The summed E-state index contributed by atoms with van der Waals surface area (Å²) in [5.74, 6) is 1.15. The van der Waals surface area contributed by atoms with Gasteiger partial charge in [-0.3, -0.25) is 14.3 Å². The number of nitro benzene ring substituents is 1. The highest BCUT2D eigenvalue weighted by molar-refractivity contribution is 7.84. The summed E-state index contributed by atoms with van der Waals surface area (Å²) in [6.45, 7) is 1.85. The monoisotopic (exact) mass is 286 g/mol. The van der Waals surface area contributed by atoms with Crippen molar-refractivity contribution < 1.29 is 13.9 Å². The molecule has 106 valence electrons. The van der Waals surface area contributed by atoms with E-state index < -0.39 is 15.7 Å². The second-order valence-electron chi connectivity index (χ2n) is 4.35. The lowest BCUT2D eigenvalue weighted by atomic mass is 10.2. The van der Waals surface area contributed by atoms with Crippen LogP contribution in [0.4, 0.5) is 5.69 Å². The second kappa shape index (κ2) is 7.20. The molecule has 0 saturated heterocycles. The molecule has 0 aliphatic carbocycles. The van der Waals surface area contributed by atoms with Crippen molar-refractivity contribution in [3.63, 3.8) is 0 Å². The van der Waals surface area contributed by atoms with Crippen molar-refractivity contribution in [1.82, 2.24) is 0 Å². The molecule has 0 aliphatic rings. The smallest absolute Gasteiger partial charge is 0.273 e. The summed E-state index contributed by atoms with van der Waals surface area (Å²) >= 11 is 0. The topological polar surface area (TPSA) is 95.5 Å². The van der Waals surface area contributed by atoms with Gasteiger partial charge >= 0.3 is 0 Å². The standard InChI is InChI=1S/C12H18N2O4S/c1-9(13)3-4-19(17)8-10-5-11(14(15)16)7-12(6-10)18-2/h5-7,9H,3-4,8,13H2,1-2H3. The van der Waals surface area contributed by atoms with Gasteiger partial charge in [0.05, 0.1) is 18.1 Å². The second-order valence-corrected chi connectivity index (χ2v) is 5.93. The fourth-order valence-electron chi connectivity index (χ4n) is 1.53. The molecule has 7 heteroatoms. The van der Waals surface area contributed by atoms with Gasteiger partial charge in [-0.05, 0) is 25.0 Å². The van der Waals surface area contributed by atoms with E-state index in [2.05, 4.69) is 0 Å². The van der Waals surface area contributed by atoms with E-state index in [4.69, 9.17) is 10.5 Å². The third-order valence-electron chi connectivity index (χ3n) is 2.53. The zero-order valence-corrected chi connectivity index (χ0v) is 11.8. The lowest BCUT2D eigenvalue weighted by molar-refractivity contribution is -0.385. The fraction of sp³-hybridized carbons (Fsp3) is 0.500. The molecule has 1 rings (SSSR count). The van der Waals surface area contributed by atoms with Crippen molar-refractivity contribution in [3.8, 4) is 5.75 Å². The maximum Gasteiger partial charge on any atom is 0.273 e. The van der Waals surface area contributed by atoms with Crippen molar-refractivity contribution in [2.24, 2.45) is 5.73 Å². The number of ether oxygens (including phenoxy) is 1. The van der Waals surface area contributed by atoms with Crippen LogP contribution in [0.3, 0.4) is 0 Å². The molecule has 0 heterocycles. The molecule has 2 atom stereocenters. The number of hydrogen-bond donors (Lipinski definition) is 1. The Morgan fingerprint density at radius 3 is 2.68 bits per heavy atom. The Hall–Kier alpha value is -1.47. The zero-order chi connectivity index (χ0) is 14.4. The number of nitrogens with two attached hydrogens (primary N) is 1. The quantitative estimate of drug-likeness (QED) is 0.606. The largest absolute Gasteiger partial charge is 0.496 e. The SMILES string of the molecule is COc1cc(CS(=O)CCC(C)N)cc([N+](=O)[O-])c1. The van der Waals surface area contributed by atoms with Gasteiger partial charge < -0.3 is 10.5 Å². The number of methoxy groups -OCH3 is 1. The van der Waals surface area contributed by atoms with Crippen LogP contribution in [-0.2, 0) is 16.6 Å². The lowest BCUT2D eigenvalue weighted by Crippen LogP contribution is -2.18. The van der Waals surface area contributed by atoms with Crippen LogP contribution in [0.15, 0.2) is 18.2 Å². The summed E-state index contributed by atoms with van der Waals surface area (Å²) in [6.07, 6.45) is 0.665. The van der Waals surface area contributed by atoms with Gasteiger partial charge in [0, 0.05) is 34.4 Å². The van der Waals surface area contributed by atoms with Crippen LogP contribution >= 0.6 is 0 Å². The number of benzene rings is 1. The Balaban J connectivity index is 2.79. The Morgan fingerprint density at radius 1 is 1.47 bits per heavy atom. The highest BCUT2D eigenvalue weighted by atomic mass is 32.2. The summed E-state index contributed by atoms with van der Waals surface area (Å²) in [6, 6.07) is 4.43. The molecule has 0 spiro atoms. The molecule has 0 radical (unpaired) electrons. The van der Waals surface area contributed by atoms with Gasteiger partial charge in [-0.15, -0.1) is 0 Å². The van der Waals surface area contributed by atoms with Crippen LogP contribution in [-0.4, -0.2) is 28.0 Å². The van der Waals surface area contributed by atoms with Gasteiger partial charge in [0.15, 0.2) is 0 Å². The number of non-ortho nitro benzene ring substituents is 1. The molecule has 2 unspecified atom stereocenters. The van der Waals surface area contributed by atoms with Crippen LogP contribution in [0.2, 0.25) is 0 Å². The van der Waals surface area contributed by atoms with Gasteiger partial charge in [-0.25, -0.2) is 0 Å². The van der Waals surface area contributed by atoms with Crippen LogP contribution in [0.5, 0.6) is 5.75 Å². The Kier molecular flexibility index (Phi) is 5.91. The van der Waals surface area contributed by atoms with E-state index in [1.54, 1.807) is 6.07 Å². The number of nitrogens with zero attached hydrogens (tertiary/aromatic N) is 1. The predicted octanol–water partition coefficient (Wildman–Crippen LogP) is 1.59. The van der Waals surface area contributed by atoms with Crippen LogP contribution in [0.1, 0.15) is 18.9 Å². The summed E-state index contributed by atoms with van der Waals surface area (Å²) in [7, 11) is 0.359. The number of nitro groups is 1. The van der Waals surface area contributed by atoms with Gasteiger partial charge in [0.1, 0.15) is 5.75 Å². The molecule has 2 N–H and O–H groups in total. The minimum absolute atomic E-state index is 0.00333. The molecule has 6 nitrogen and oxygen atoms in total. The van der Waals surface area contributed by atoms with E-state index in [-0.39, 0.29) is 17.5 Å². The Labute approximate surface area is 114 Å². The van der Waals surface area contributed by atoms with Gasteiger partial charge in [-0.1, -0.05) is 0 Å². The van der Waals surface area contributed by atoms with Crippen molar-refractivity contribution >= 4 is 16.5 Å². The summed E-state index contributed by atoms with van der Waals surface area (Å²) < 4.78 is 16.8. The molecule has 19 heavy (non-hydrogen) atoms. The number of rotatable bonds is 7. The first-order valence-electron chi connectivity index (χ1n) is 5.85. The van der Waals surface area contributed by atoms with E-state index in [9.17, 15) is 14.3 Å². The summed E-state index contributed by atoms with van der Waals surface area (Å²) in [4.78, 5) is 10.3. The maximum atomic E-state index is 11.8. The van der Waals surface area contributed by atoms with Crippen LogP contribution in [0.25, 0.3) is 0 Å². The minimum Gasteiger partial charge on any atom is -0.496 e. The zero-order valence-electron chi connectivity index (χ0n) is 11.0. The average molecular weight is 286 g/mol. The Bertz CT molecular complexity index is 477. The minimum atomic E-state index is -1.08. The molecule has 1 aromatic carbocycles. The molecular formula is C12H18N2O4S. The van der Waals surface area contributed by atoms with Crippen LogP contribution in [0, 0.1) is 10.1 Å². The van der Waals surface area contributed by atoms with E-state index in [1.807, 2.05) is 6.92 Å². The highest BCUT2D eigenvalue weighted by Crippen LogP contribution is 2.23. The summed E-state index contributed by atoms with van der Waals surface area (Å²) in [5.41, 5.74) is 6.18. The van der Waals surface area contributed by atoms with Crippen molar-refractivity contribution in [3.05, 3.63) is 33.9 Å². The summed E-state index contributed by atoms with van der Waals surface area (Å²) in [5, 5.41) is 10.8. The molecule has 0 bridgehead atoms. The van der Waals surface area contributed by atoms with Gasteiger partial charge in [0.25, 0.3) is 5.69 Å². The van der Waals surface area contributed by atoms with E-state index in [1.165, 1.54) is 19.2 Å². The molecular weight excluding hydrogens is 268 g/mol. The third-order valence-corrected chi connectivity index (χ3v) is 3.87. The van der Waals surface area contributed by atoms with Crippen molar-refractivity contribution in [1.29, 1.82) is 0 Å². The third kappa shape index (κ3) is 5.35. The predicted molar refractivity (Wildman–Crippen MR) is 74.6 cm³/mol. The molecule has 0 fully saturated rings. The molecule has 0 aromatic heterocycles. The van der Waals surface area contributed by atoms with Gasteiger partial charge in [-0.2, -0.15) is 0 Å². The first kappa shape index (κ1) is 15.6. The Morgan fingerprint density at radius 2 is 2.16 bits per heavy atom. The average Bonchev–Trinajstić information content (AvgIpc) is 2.35. The normalized spacial score (nSPS) is 13.8. The molecule has 0 amide bonds. The van der Waals surface area contributed by atoms with Crippen molar-refractivity contribution in [2.75, 3.05) is 12.9 Å².